The maximum atomic E-state index is 4.10. The Bertz CT molecular complexity index is 586. The van der Waals surface area contributed by atoms with Crippen LogP contribution in [0.1, 0.15) is 5.56 Å². The minimum Gasteiger partial charge on any atom is -0.254 e. The van der Waals surface area contributed by atoms with Crippen LogP contribution >= 0.6 is 23.1 Å². The summed E-state index contributed by atoms with van der Waals surface area (Å²) < 4.78 is 1.34. The number of nitrogens with zero attached hydrogens (tertiary/aromatic N) is 2. The largest absolute Gasteiger partial charge is 0.254 e. The van der Waals surface area contributed by atoms with Gasteiger partial charge in [-0.25, -0.2) is 4.98 Å². The molecule has 3 nitrogen and oxygen atoms in total. The predicted molar refractivity (Wildman–Crippen MR) is 67.8 cm³/mol. The molecule has 1 N–H and O–H groups in total. The number of hydrogen-bond donors (Lipinski definition) is 1. The monoisotopic (exact) mass is 247 g/mol. The number of fused-ring (bicyclic) bond motifs is 1. The lowest BCUT2D eigenvalue weighted by molar-refractivity contribution is 0.973. The van der Waals surface area contributed by atoms with Crippen molar-refractivity contribution in [1.82, 2.24) is 15.2 Å². The first-order valence-electron chi connectivity index (χ1n) is 4.87. The van der Waals surface area contributed by atoms with Gasteiger partial charge in [-0.2, -0.15) is 5.10 Å². The van der Waals surface area contributed by atoms with Gasteiger partial charge >= 0.3 is 0 Å². The van der Waals surface area contributed by atoms with Gasteiger partial charge in [0.15, 0.2) is 5.16 Å². The van der Waals surface area contributed by atoms with Gasteiger partial charge in [-0.3, -0.25) is 5.10 Å². The Balaban J connectivity index is 1.84. The Kier molecular flexibility index (Phi) is 2.63. The number of thiophene rings is 1. The summed E-state index contributed by atoms with van der Waals surface area (Å²) in [7, 11) is 0. The van der Waals surface area contributed by atoms with E-state index in [-0.39, 0.29) is 0 Å². The van der Waals surface area contributed by atoms with Crippen LogP contribution in [0.15, 0.2) is 41.1 Å². The zero-order chi connectivity index (χ0) is 10.8. The van der Waals surface area contributed by atoms with Crippen LogP contribution < -0.4 is 0 Å². The topological polar surface area (TPSA) is 41.6 Å². The van der Waals surface area contributed by atoms with Crippen molar-refractivity contribution in [2.45, 2.75) is 10.9 Å². The molecule has 3 rings (SSSR count). The van der Waals surface area contributed by atoms with E-state index < -0.39 is 0 Å². The number of hydrogen-bond acceptors (Lipinski definition) is 4. The number of aromatic amines is 1. The SMILES string of the molecule is c1ccc2c(CSc3ncn[nH]3)csc2c1. The van der Waals surface area contributed by atoms with E-state index >= 15 is 0 Å². The van der Waals surface area contributed by atoms with Gasteiger partial charge in [-0.05, 0) is 22.4 Å². The number of H-pyrrole nitrogens is 1. The Hall–Kier alpha value is -1.33. The lowest BCUT2D eigenvalue weighted by atomic mass is 10.2. The summed E-state index contributed by atoms with van der Waals surface area (Å²) >= 11 is 3.47. The fourth-order valence-electron chi connectivity index (χ4n) is 1.55. The maximum absolute atomic E-state index is 4.10. The van der Waals surface area contributed by atoms with Crippen molar-refractivity contribution in [3.8, 4) is 0 Å². The van der Waals surface area contributed by atoms with Crippen LogP contribution in [0.25, 0.3) is 10.1 Å². The third-order valence-electron chi connectivity index (χ3n) is 2.32. The second-order valence-corrected chi connectivity index (χ2v) is 5.21. The van der Waals surface area contributed by atoms with E-state index in [2.05, 4.69) is 44.8 Å². The molecule has 0 spiro atoms. The lowest BCUT2D eigenvalue weighted by Gasteiger charge is -1.96. The first-order valence-corrected chi connectivity index (χ1v) is 6.73. The third kappa shape index (κ3) is 1.83. The van der Waals surface area contributed by atoms with Gasteiger partial charge in [0.25, 0.3) is 0 Å². The van der Waals surface area contributed by atoms with Crippen molar-refractivity contribution in [3.05, 3.63) is 41.5 Å². The van der Waals surface area contributed by atoms with Crippen molar-refractivity contribution in [1.29, 1.82) is 0 Å². The molecule has 0 unspecified atom stereocenters. The first-order chi connectivity index (χ1) is 7.93. The van der Waals surface area contributed by atoms with E-state index in [0.29, 0.717) is 0 Å². The highest BCUT2D eigenvalue weighted by molar-refractivity contribution is 7.98. The number of thioether (sulfide) groups is 1. The molecule has 3 aromatic rings. The fraction of sp³-hybridized carbons (Fsp3) is 0.0909. The van der Waals surface area contributed by atoms with E-state index in [4.69, 9.17) is 0 Å². The number of benzene rings is 1. The van der Waals surface area contributed by atoms with E-state index in [1.54, 1.807) is 23.1 Å². The first kappa shape index (κ1) is 9.86. The summed E-state index contributed by atoms with van der Waals surface area (Å²) in [5.41, 5.74) is 1.36. The van der Waals surface area contributed by atoms with Crippen molar-refractivity contribution in [2.24, 2.45) is 0 Å². The highest BCUT2D eigenvalue weighted by atomic mass is 32.2. The smallest absolute Gasteiger partial charge is 0.183 e. The van der Waals surface area contributed by atoms with E-state index in [9.17, 15) is 0 Å². The van der Waals surface area contributed by atoms with Gasteiger partial charge in [0.05, 0.1) is 0 Å². The summed E-state index contributed by atoms with van der Waals surface area (Å²) in [6.07, 6.45) is 1.54. The quantitative estimate of drug-likeness (QED) is 0.722. The zero-order valence-electron chi connectivity index (χ0n) is 8.38. The van der Waals surface area contributed by atoms with Gasteiger partial charge < -0.3 is 0 Å². The molecule has 0 bridgehead atoms. The molecule has 2 heterocycles. The molecule has 0 amide bonds. The van der Waals surface area contributed by atoms with Crippen LogP contribution in [0.4, 0.5) is 0 Å². The maximum Gasteiger partial charge on any atom is 0.183 e. The van der Waals surface area contributed by atoms with Crippen molar-refractivity contribution in [3.63, 3.8) is 0 Å². The molecule has 2 aromatic heterocycles. The van der Waals surface area contributed by atoms with Crippen LogP contribution in [0.3, 0.4) is 0 Å². The van der Waals surface area contributed by atoms with E-state index in [1.165, 1.54) is 22.0 Å². The second kappa shape index (κ2) is 4.27. The van der Waals surface area contributed by atoms with Gasteiger partial charge in [-0.15, -0.1) is 11.3 Å². The average molecular weight is 247 g/mol. The Morgan fingerprint density at radius 2 is 2.25 bits per heavy atom. The summed E-state index contributed by atoms with van der Waals surface area (Å²) in [5.74, 6) is 0.930. The molecular formula is C11H9N3S2. The molecule has 0 saturated carbocycles. The Labute approximate surface area is 101 Å². The Morgan fingerprint density at radius 3 is 3.12 bits per heavy atom. The van der Waals surface area contributed by atoms with Crippen LogP contribution in [0.2, 0.25) is 0 Å². The minimum absolute atomic E-state index is 0.871. The lowest BCUT2D eigenvalue weighted by Crippen LogP contribution is -1.79. The molecule has 0 aliphatic rings. The summed E-state index contributed by atoms with van der Waals surface area (Å²) in [6.45, 7) is 0. The molecular weight excluding hydrogens is 238 g/mol. The van der Waals surface area contributed by atoms with Crippen LogP contribution in [-0.4, -0.2) is 15.2 Å². The van der Waals surface area contributed by atoms with Crippen molar-refractivity contribution < 1.29 is 0 Å². The second-order valence-electron chi connectivity index (χ2n) is 3.34. The molecule has 1 aromatic carbocycles. The summed E-state index contributed by atoms with van der Waals surface area (Å²) in [6, 6.07) is 8.48. The molecule has 0 atom stereocenters. The van der Waals surface area contributed by atoms with E-state index in [1.807, 2.05) is 0 Å². The summed E-state index contributed by atoms with van der Waals surface area (Å²) in [5, 5.41) is 11.1. The highest BCUT2D eigenvalue weighted by Crippen LogP contribution is 2.29. The number of aromatic nitrogens is 3. The van der Waals surface area contributed by atoms with Gasteiger partial charge in [0.1, 0.15) is 6.33 Å². The van der Waals surface area contributed by atoms with Crippen LogP contribution in [0, 0.1) is 0 Å². The normalized spacial score (nSPS) is 11.0. The fourth-order valence-corrected chi connectivity index (χ4v) is 3.39. The molecule has 80 valence electrons. The minimum atomic E-state index is 0.871. The summed E-state index contributed by atoms with van der Waals surface area (Å²) in [4.78, 5) is 4.10. The Morgan fingerprint density at radius 1 is 1.31 bits per heavy atom. The standard InChI is InChI=1S/C11H9N3S2/c1-2-4-10-9(3-1)8(5-15-10)6-16-11-12-7-13-14-11/h1-5,7H,6H2,(H,12,13,14). The van der Waals surface area contributed by atoms with Gasteiger partial charge in [-0.1, -0.05) is 30.0 Å². The van der Waals surface area contributed by atoms with Crippen molar-refractivity contribution in [2.75, 3.05) is 0 Å². The highest BCUT2D eigenvalue weighted by Gasteiger charge is 2.04. The molecule has 0 aliphatic heterocycles. The molecule has 0 fully saturated rings. The molecule has 0 radical (unpaired) electrons. The molecule has 0 saturated heterocycles. The van der Waals surface area contributed by atoms with Gasteiger partial charge in [0.2, 0.25) is 0 Å². The number of nitrogens with one attached hydrogen (secondary N) is 1. The molecule has 0 aliphatic carbocycles. The van der Waals surface area contributed by atoms with Crippen LogP contribution in [0.5, 0.6) is 0 Å². The van der Waals surface area contributed by atoms with Crippen molar-refractivity contribution >= 4 is 33.2 Å². The zero-order valence-corrected chi connectivity index (χ0v) is 10.0. The number of rotatable bonds is 3. The van der Waals surface area contributed by atoms with Gasteiger partial charge in [0, 0.05) is 10.5 Å². The van der Waals surface area contributed by atoms with Crippen LogP contribution in [-0.2, 0) is 5.75 Å². The third-order valence-corrected chi connectivity index (χ3v) is 4.26. The predicted octanol–water partition coefficient (Wildman–Crippen LogP) is 3.31. The van der Waals surface area contributed by atoms with E-state index in [0.717, 1.165) is 10.9 Å². The molecule has 16 heavy (non-hydrogen) atoms. The average Bonchev–Trinajstić information content (AvgIpc) is 2.96. The molecule has 5 heteroatoms.